The van der Waals surface area contributed by atoms with Gasteiger partial charge in [-0.1, -0.05) is 54.1 Å². The van der Waals surface area contributed by atoms with Crippen LogP contribution in [0.2, 0.25) is 5.02 Å². The van der Waals surface area contributed by atoms with Crippen molar-refractivity contribution in [2.24, 2.45) is 0 Å². The Morgan fingerprint density at radius 1 is 1.12 bits per heavy atom. The van der Waals surface area contributed by atoms with E-state index in [1.54, 1.807) is 11.3 Å². The van der Waals surface area contributed by atoms with E-state index in [4.69, 9.17) is 11.6 Å². The summed E-state index contributed by atoms with van der Waals surface area (Å²) in [5, 5.41) is 3.57. The number of benzene rings is 2. The van der Waals surface area contributed by atoms with Crippen molar-refractivity contribution in [3.05, 3.63) is 76.3 Å². The van der Waals surface area contributed by atoms with Gasteiger partial charge in [-0.2, -0.15) is 0 Å². The molecule has 0 radical (unpaired) electrons. The molecule has 0 aliphatic heterocycles. The summed E-state index contributed by atoms with van der Waals surface area (Å²) in [5.74, 6) is 0.0943. The summed E-state index contributed by atoms with van der Waals surface area (Å²) in [6.45, 7) is 4.70. The fourth-order valence-corrected chi connectivity index (χ4v) is 3.66. The molecule has 0 fully saturated rings. The SMILES string of the molecule is CC(C)N(Cc1ccccc1)C(=O)Cc1csc(-c2ccc(Cl)cc2)n1. The Morgan fingerprint density at radius 3 is 2.46 bits per heavy atom. The van der Waals surface area contributed by atoms with Gasteiger partial charge in [0, 0.05) is 28.6 Å². The van der Waals surface area contributed by atoms with Crippen LogP contribution in [0.3, 0.4) is 0 Å². The first-order chi connectivity index (χ1) is 12.5. The molecule has 0 bridgehead atoms. The van der Waals surface area contributed by atoms with Gasteiger partial charge in [-0.05, 0) is 31.5 Å². The number of rotatable bonds is 6. The molecule has 2 aromatic carbocycles. The minimum Gasteiger partial charge on any atom is -0.336 e. The highest BCUT2D eigenvalue weighted by Gasteiger charge is 2.19. The van der Waals surface area contributed by atoms with E-state index in [1.165, 1.54) is 0 Å². The monoisotopic (exact) mass is 384 g/mol. The Labute approximate surface area is 163 Å². The summed E-state index contributed by atoms with van der Waals surface area (Å²) in [6.07, 6.45) is 0.315. The Hall–Kier alpha value is -2.17. The highest BCUT2D eigenvalue weighted by molar-refractivity contribution is 7.13. The number of nitrogens with zero attached hydrogens (tertiary/aromatic N) is 2. The third kappa shape index (κ3) is 4.71. The van der Waals surface area contributed by atoms with Crippen molar-refractivity contribution in [2.45, 2.75) is 32.9 Å². The van der Waals surface area contributed by atoms with Crippen molar-refractivity contribution in [1.29, 1.82) is 0 Å². The van der Waals surface area contributed by atoms with Crippen LogP contribution in [0.15, 0.2) is 60.0 Å². The molecule has 1 amide bonds. The normalized spacial score (nSPS) is 10.9. The number of carbonyl (C=O) groups is 1. The summed E-state index contributed by atoms with van der Waals surface area (Å²) in [7, 11) is 0. The standard InChI is InChI=1S/C21H21ClN2OS/c1-15(2)24(13-16-6-4-3-5-7-16)20(25)12-19-14-26-21(23-19)17-8-10-18(22)11-9-17/h3-11,14-15H,12-13H2,1-2H3. The van der Waals surface area contributed by atoms with Crippen LogP contribution in [0.1, 0.15) is 25.1 Å². The fourth-order valence-electron chi connectivity index (χ4n) is 2.71. The second-order valence-corrected chi connectivity index (χ2v) is 7.72. The zero-order chi connectivity index (χ0) is 18.5. The Morgan fingerprint density at radius 2 is 1.81 bits per heavy atom. The van der Waals surface area contributed by atoms with Gasteiger partial charge in [-0.25, -0.2) is 4.98 Å². The van der Waals surface area contributed by atoms with Gasteiger partial charge < -0.3 is 4.90 Å². The van der Waals surface area contributed by atoms with Crippen molar-refractivity contribution in [3.63, 3.8) is 0 Å². The predicted octanol–water partition coefficient (Wildman–Crippen LogP) is 5.44. The molecule has 0 aliphatic carbocycles. The topological polar surface area (TPSA) is 33.2 Å². The van der Waals surface area contributed by atoms with Gasteiger partial charge in [0.2, 0.25) is 5.91 Å². The van der Waals surface area contributed by atoms with Crippen LogP contribution in [0.4, 0.5) is 0 Å². The number of carbonyl (C=O) groups excluding carboxylic acids is 1. The number of hydrogen-bond acceptors (Lipinski definition) is 3. The minimum absolute atomic E-state index is 0.0943. The van der Waals surface area contributed by atoms with Crippen LogP contribution in [0.5, 0.6) is 0 Å². The number of aromatic nitrogens is 1. The van der Waals surface area contributed by atoms with Crippen LogP contribution >= 0.6 is 22.9 Å². The number of thiazole rings is 1. The van der Waals surface area contributed by atoms with E-state index >= 15 is 0 Å². The van der Waals surface area contributed by atoms with Gasteiger partial charge in [-0.15, -0.1) is 11.3 Å². The first-order valence-corrected chi connectivity index (χ1v) is 9.82. The van der Waals surface area contributed by atoms with E-state index in [-0.39, 0.29) is 11.9 Å². The molecule has 3 nitrogen and oxygen atoms in total. The van der Waals surface area contributed by atoms with Crippen molar-refractivity contribution in [2.75, 3.05) is 0 Å². The molecule has 0 spiro atoms. The molecular formula is C21H21ClN2OS. The molecule has 5 heteroatoms. The van der Waals surface area contributed by atoms with E-state index in [1.807, 2.05) is 78.7 Å². The largest absolute Gasteiger partial charge is 0.336 e. The smallest absolute Gasteiger partial charge is 0.229 e. The lowest BCUT2D eigenvalue weighted by Gasteiger charge is -2.26. The lowest BCUT2D eigenvalue weighted by atomic mass is 10.1. The highest BCUT2D eigenvalue weighted by Crippen LogP contribution is 2.25. The van der Waals surface area contributed by atoms with Crippen LogP contribution in [-0.2, 0) is 17.8 Å². The van der Waals surface area contributed by atoms with E-state index < -0.39 is 0 Å². The average Bonchev–Trinajstić information content (AvgIpc) is 3.09. The molecule has 1 aromatic heterocycles. The average molecular weight is 385 g/mol. The van der Waals surface area contributed by atoms with Gasteiger partial charge >= 0.3 is 0 Å². The van der Waals surface area contributed by atoms with Crippen LogP contribution in [0.25, 0.3) is 10.6 Å². The maximum Gasteiger partial charge on any atom is 0.229 e. The van der Waals surface area contributed by atoms with Crippen LogP contribution in [-0.4, -0.2) is 21.8 Å². The minimum atomic E-state index is 0.0943. The number of hydrogen-bond donors (Lipinski definition) is 0. The summed E-state index contributed by atoms with van der Waals surface area (Å²) in [5.41, 5.74) is 2.96. The summed E-state index contributed by atoms with van der Waals surface area (Å²) in [4.78, 5) is 19.3. The van der Waals surface area contributed by atoms with E-state index in [2.05, 4.69) is 4.98 Å². The van der Waals surface area contributed by atoms with Crippen molar-refractivity contribution in [1.82, 2.24) is 9.88 Å². The second kappa shape index (κ2) is 8.47. The first-order valence-electron chi connectivity index (χ1n) is 8.56. The number of halogens is 1. The third-order valence-corrected chi connectivity index (χ3v) is 5.31. The molecule has 1 heterocycles. The number of amides is 1. The maximum absolute atomic E-state index is 12.8. The molecule has 134 valence electrons. The lowest BCUT2D eigenvalue weighted by molar-refractivity contribution is -0.132. The Balaban J connectivity index is 1.70. The quantitative estimate of drug-likeness (QED) is 0.566. The second-order valence-electron chi connectivity index (χ2n) is 6.43. The molecule has 0 atom stereocenters. The van der Waals surface area contributed by atoms with E-state index in [0.717, 1.165) is 21.8 Å². The predicted molar refractivity (Wildman–Crippen MR) is 108 cm³/mol. The zero-order valence-corrected chi connectivity index (χ0v) is 16.4. The van der Waals surface area contributed by atoms with Crippen molar-refractivity contribution >= 4 is 28.8 Å². The van der Waals surface area contributed by atoms with Gasteiger partial charge in [0.15, 0.2) is 0 Å². The summed E-state index contributed by atoms with van der Waals surface area (Å²) in [6, 6.07) is 17.8. The van der Waals surface area contributed by atoms with Crippen LogP contribution < -0.4 is 0 Å². The molecule has 26 heavy (non-hydrogen) atoms. The molecule has 0 unspecified atom stereocenters. The molecular weight excluding hydrogens is 364 g/mol. The van der Waals surface area contributed by atoms with E-state index in [9.17, 15) is 4.79 Å². The molecule has 0 N–H and O–H groups in total. The van der Waals surface area contributed by atoms with Gasteiger partial charge in [0.1, 0.15) is 5.01 Å². The fraction of sp³-hybridized carbons (Fsp3) is 0.238. The molecule has 0 saturated heterocycles. The molecule has 0 saturated carbocycles. The Kier molecular flexibility index (Phi) is 6.07. The van der Waals surface area contributed by atoms with Crippen molar-refractivity contribution < 1.29 is 4.79 Å². The Bertz CT molecular complexity index is 859. The van der Waals surface area contributed by atoms with Crippen LogP contribution in [0, 0.1) is 0 Å². The molecule has 3 rings (SSSR count). The summed E-state index contributed by atoms with van der Waals surface area (Å²) < 4.78 is 0. The van der Waals surface area contributed by atoms with Gasteiger partial charge in [0.25, 0.3) is 0 Å². The molecule has 3 aromatic rings. The summed E-state index contributed by atoms with van der Waals surface area (Å²) >= 11 is 7.49. The molecule has 0 aliphatic rings. The third-order valence-electron chi connectivity index (χ3n) is 4.11. The van der Waals surface area contributed by atoms with Gasteiger partial charge in [0.05, 0.1) is 12.1 Å². The zero-order valence-electron chi connectivity index (χ0n) is 14.9. The highest BCUT2D eigenvalue weighted by atomic mass is 35.5. The maximum atomic E-state index is 12.8. The first kappa shape index (κ1) is 18.6. The lowest BCUT2D eigenvalue weighted by Crippen LogP contribution is -2.37. The van der Waals surface area contributed by atoms with Crippen molar-refractivity contribution in [3.8, 4) is 10.6 Å². The van der Waals surface area contributed by atoms with E-state index in [0.29, 0.717) is 18.0 Å². The van der Waals surface area contributed by atoms with Gasteiger partial charge in [-0.3, -0.25) is 4.79 Å².